The zero-order valence-corrected chi connectivity index (χ0v) is 11.4. The van der Waals surface area contributed by atoms with Crippen LogP contribution < -0.4 is 5.73 Å². The number of nitrogens with zero attached hydrogens (tertiary/aromatic N) is 1. The minimum absolute atomic E-state index is 0.237. The van der Waals surface area contributed by atoms with Crippen molar-refractivity contribution in [1.82, 2.24) is 9.97 Å². The fourth-order valence-electron chi connectivity index (χ4n) is 1.81. The number of imidazole rings is 1. The molecule has 3 nitrogen and oxygen atoms in total. The van der Waals surface area contributed by atoms with Gasteiger partial charge in [0.25, 0.3) is 0 Å². The van der Waals surface area contributed by atoms with Crippen molar-refractivity contribution in [2.45, 2.75) is 32.7 Å². The first-order valence-electron chi connectivity index (χ1n) is 5.29. The predicted octanol–water partition coefficient (Wildman–Crippen LogP) is 2.91. The monoisotopic (exact) mass is 281 g/mol. The number of aryl methyl sites for hydroxylation is 1. The molecule has 4 heteroatoms. The van der Waals surface area contributed by atoms with Gasteiger partial charge in [0.05, 0.1) is 11.0 Å². The summed E-state index contributed by atoms with van der Waals surface area (Å²) in [4.78, 5) is 7.90. The molecule has 0 aliphatic rings. The number of aromatic nitrogens is 2. The summed E-state index contributed by atoms with van der Waals surface area (Å²) in [5, 5.41) is 0. The zero-order valence-electron chi connectivity index (χ0n) is 9.76. The summed E-state index contributed by atoms with van der Waals surface area (Å²) >= 11 is 3.48. The van der Waals surface area contributed by atoms with Gasteiger partial charge in [-0.1, -0.05) is 15.9 Å². The Kier molecular flexibility index (Phi) is 2.80. The molecular weight excluding hydrogens is 266 g/mol. The number of rotatable bonds is 2. The van der Waals surface area contributed by atoms with Gasteiger partial charge in [0, 0.05) is 16.4 Å². The summed E-state index contributed by atoms with van der Waals surface area (Å²) in [6.45, 7) is 6.07. The summed E-state index contributed by atoms with van der Waals surface area (Å²) < 4.78 is 1.07. The standard InChI is InChI=1S/C12H16BrN3/c1-7-4-8(13)5-9-11(7)16-10(15-9)6-12(2,3)14/h4-5H,6,14H2,1-3H3,(H,15,16). The summed E-state index contributed by atoms with van der Waals surface area (Å²) in [5.41, 5.74) is 9.01. The third-order valence-electron chi connectivity index (χ3n) is 2.41. The first kappa shape index (κ1) is 11.6. The molecule has 0 bridgehead atoms. The predicted molar refractivity (Wildman–Crippen MR) is 70.5 cm³/mol. The van der Waals surface area contributed by atoms with Crippen molar-refractivity contribution < 1.29 is 0 Å². The van der Waals surface area contributed by atoms with Crippen LogP contribution in [0, 0.1) is 6.92 Å². The summed E-state index contributed by atoms with van der Waals surface area (Å²) in [5.74, 6) is 0.948. The molecule has 0 radical (unpaired) electrons. The van der Waals surface area contributed by atoms with Crippen LogP contribution in [0.4, 0.5) is 0 Å². The van der Waals surface area contributed by atoms with Crippen LogP contribution in [-0.4, -0.2) is 15.5 Å². The van der Waals surface area contributed by atoms with E-state index in [4.69, 9.17) is 5.73 Å². The first-order chi connectivity index (χ1) is 7.35. The van der Waals surface area contributed by atoms with E-state index in [0.717, 1.165) is 27.8 Å². The minimum Gasteiger partial charge on any atom is -0.342 e. The lowest BCUT2D eigenvalue weighted by atomic mass is 10.0. The van der Waals surface area contributed by atoms with Gasteiger partial charge in [-0.05, 0) is 38.5 Å². The largest absolute Gasteiger partial charge is 0.342 e. The smallest absolute Gasteiger partial charge is 0.109 e. The molecule has 0 saturated carbocycles. The van der Waals surface area contributed by atoms with Gasteiger partial charge in [-0.3, -0.25) is 0 Å². The Morgan fingerprint density at radius 3 is 2.75 bits per heavy atom. The second-order valence-corrected chi connectivity index (χ2v) is 5.88. The molecule has 2 aromatic rings. The van der Waals surface area contributed by atoms with Crippen LogP contribution in [0.15, 0.2) is 16.6 Å². The van der Waals surface area contributed by atoms with E-state index in [1.807, 2.05) is 19.9 Å². The maximum Gasteiger partial charge on any atom is 0.109 e. The SMILES string of the molecule is Cc1cc(Br)cc2[nH]c(CC(C)(C)N)nc12. The molecule has 1 aromatic heterocycles. The number of hydrogen-bond donors (Lipinski definition) is 2. The molecule has 1 aromatic carbocycles. The highest BCUT2D eigenvalue weighted by Crippen LogP contribution is 2.22. The zero-order chi connectivity index (χ0) is 11.9. The molecule has 0 aliphatic carbocycles. The number of H-pyrrole nitrogens is 1. The van der Waals surface area contributed by atoms with Crippen molar-refractivity contribution >= 4 is 27.0 Å². The average Bonchev–Trinajstić information content (AvgIpc) is 2.43. The number of hydrogen-bond acceptors (Lipinski definition) is 2. The van der Waals surface area contributed by atoms with Crippen molar-refractivity contribution in [2.24, 2.45) is 5.73 Å². The van der Waals surface area contributed by atoms with Gasteiger partial charge in [0.15, 0.2) is 0 Å². The molecule has 3 N–H and O–H groups in total. The van der Waals surface area contributed by atoms with Gasteiger partial charge in [-0.25, -0.2) is 4.98 Å². The Hall–Kier alpha value is -0.870. The van der Waals surface area contributed by atoms with Crippen molar-refractivity contribution in [3.8, 4) is 0 Å². The minimum atomic E-state index is -0.237. The maximum atomic E-state index is 5.99. The van der Waals surface area contributed by atoms with E-state index in [1.165, 1.54) is 5.56 Å². The van der Waals surface area contributed by atoms with Crippen molar-refractivity contribution in [1.29, 1.82) is 0 Å². The van der Waals surface area contributed by atoms with Gasteiger partial charge in [-0.2, -0.15) is 0 Å². The molecule has 0 aliphatic heterocycles. The molecule has 1 heterocycles. The third kappa shape index (κ3) is 2.44. The van der Waals surface area contributed by atoms with Crippen LogP contribution in [0.5, 0.6) is 0 Å². The quantitative estimate of drug-likeness (QED) is 0.889. The van der Waals surface area contributed by atoms with E-state index >= 15 is 0 Å². The van der Waals surface area contributed by atoms with Crippen LogP contribution in [0.3, 0.4) is 0 Å². The molecule has 0 amide bonds. The van der Waals surface area contributed by atoms with Gasteiger partial charge < -0.3 is 10.7 Å². The molecule has 2 rings (SSSR count). The highest BCUT2D eigenvalue weighted by molar-refractivity contribution is 9.10. The summed E-state index contributed by atoms with van der Waals surface area (Å²) in [7, 11) is 0. The normalized spacial score (nSPS) is 12.3. The Bertz CT molecular complexity index is 523. The Morgan fingerprint density at radius 2 is 2.12 bits per heavy atom. The number of nitrogens with two attached hydrogens (primary N) is 1. The Labute approximate surface area is 104 Å². The van der Waals surface area contributed by atoms with E-state index in [1.54, 1.807) is 0 Å². The third-order valence-corrected chi connectivity index (χ3v) is 2.87. The van der Waals surface area contributed by atoms with Crippen molar-refractivity contribution in [3.05, 3.63) is 28.0 Å². The molecule has 86 valence electrons. The highest BCUT2D eigenvalue weighted by Gasteiger charge is 2.15. The topological polar surface area (TPSA) is 54.7 Å². The molecule has 0 fully saturated rings. The van der Waals surface area contributed by atoms with Crippen LogP contribution in [0.2, 0.25) is 0 Å². The molecule has 0 atom stereocenters. The first-order valence-corrected chi connectivity index (χ1v) is 6.08. The van der Waals surface area contributed by atoms with Gasteiger partial charge >= 0.3 is 0 Å². The molecule has 0 unspecified atom stereocenters. The second-order valence-electron chi connectivity index (χ2n) is 4.97. The number of fused-ring (bicyclic) bond motifs is 1. The van der Waals surface area contributed by atoms with Crippen molar-refractivity contribution in [2.75, 3.05) is 0 Å². The fraction of sp³-hybridized carbons (Fsp3) is 0.417. The molecule has 0 spiro atoms. The van der Waals surface area contributed by atoms with E-state index in [9.17, 15) is 0 Å². The lowest BCUT2D eigenvalue weighted by Gasteiger charge is -2.15. The number of nitrogens with one attached hydrogen (secondary N) is 1. The average molecular weight is 282 g/mol. The lowest BCUT2D eigenvalue weighted by Crippen LogP contribution is -2.34. The number of halogens is 1. The number of benzene rings is 1. The summed E-state index contributed by atoms with van der Waals surface area (Å²) in [6.07, 6.45) is 0.749. The Balaban J connectivity index is 2.48. The molecule has 16 heavy (non-hydrogen) atoms. The van der Waals surface area contributed by atoms with E-state index in [-0.39, 0.29) is 5.54 Å². The van der Waals surface area contributed by atoms with Crippen LogP contribution in [-0.2, 0) is 6.42 Å². The van der Waals surface area contributed by atoms with E-state index < -0.39 is 0 Å². The van der Waals surface area contributed by atoms with Gasteiger partial charge in [-0.15, -0.1) is 0 Å². The maximum absolute atomic E-state index is 5.99. The van der Waals surface area contributed by atoms with Crippen LogP contribution in [0.25, 0.3) is 11.0 Å². The lowest BCUT2D eigenvalue weighted by molar-refractivity contribution is 0.505. The van der Waals surface area contributed by atoms with Crippen LogP contribution >= 0.6 is 15.9 Å². The van der Waals surface area contributed by atoms with Crippen molar-refractivity contribution in [3.63, 3.8) is 0 Å². The van der Waals surface area contributed by atoms with Gasteiger partial charge in [0.1, 0.15) is 5.82 Å². The van der Waals surface area contributed by atoms with Crippen LogP contribution in [0.1, 0.15) is 25.2 Å². The molecular formula is C12H16BrN3. The highest BCUT2D eigenvalue weighted by atomic mass is 79.9. The van der Waals surface area contributed by atoms with E-state index in [2.05, 4.69) is 38.9 Å². The Morgan fingerprint density at radius 1 is 1.44 bits per heavy atom. The number of aromatic amines is 1. The second kappa shape index (κ2) is 3.86. The molecule has 0 saturated heterocycles. The fourth-order valence-corrected chi connectivity index (χ4v) is 2.39. The van der Waals surface area contributed by atoms with E-state index in [0.29, 0.717) is 0 Å². The summed E-state index contributed by atoms with van der Waals surface area (Å²) in [6, 6.07) is 4.11. The van der Waals surface area contributed by atoms with Gasteiger partial charge in [0.2, 0.25) is 0 Å².